The largest absolute Gasteiger partial charge is 0.387 e. The van der Waals surface area contributed by atoms with Crippen molar-refractivity contribution >= 4 is 15.7 Å². The van der Waals surface area contributed by atoms with Gasteiger partial charge in [-0.15, -0.1) is 0 Å². The van der Waals surface area contributed by atoms with Crippen LogP contribution in [-0.4, -0.2) is 20.4 Å². The van der Waals surface area contributed by atoms with Crippen LogP contribution in [0.25, 0.3) is 0 Å². The first-order valence-electron chi connectivity index (χ1n) is 6.65. The first-order chi connectivity index (χ1) is 9.95. The molecule has 1 heterocycles. The number of aryl methyl sites for hydroxylation is 1. The van der Waals surface area contributed by atoms with Gasteiger partial charge in [-0.05, 0) is 31.0 Å². The molecule has 0 aliphatic carbocycles. The number of hydrogen-bond donors (Lipinski definition) is 2. The Hall–Kier alpha value is -1.92. The molecule has 6 heteroatoms. The van der Waals surface area contributed by atoms with Crippen LogP contribution in [0.5, 0.6) is 0 Å². The zero-order valence-electron chi connectivity index (χ0n) is 12.3. The van der Waals surface area contributed by atoms with Crippen LogP contribution in [0.1, 0.15) is 24.1 Å². The van der Waals surface area contributed by atoms with Crippen molar-refractivity contribution in [1.82, 2.24) is 9.71 Å². The van der Waals surface area contributed by atoms with E-state index in [0.717, 1.165) is 11.1 Å². The molecule has 0 aliphatic heterocycles. The summed E-state index contributed by atoms with van der Waals surface area (Å²) in [5.74, 6) is 0. The summed E-state index contributed by atoms with van der Waals surface area (Å²) in [4.78, 5) is 4.04. The molecule has 21 heavy (non-hydrogen) atoms. The highest BCUT2D eigenvalue weighted by Gasteiger charge is 2.22. The van der Waals surface area contributed by atoms with Crippen molar-refractivity contribution < 1.29 is 8.42 Å². The van der Waals surface area contributed by atoms with Crippen LogP contribution in [-0.2, 0) is 10.0 Å². The summed E-state index contributed by atoms with van der Waals surface area (Å²) in [5, 5.41) is 2.87. The minimum Gasteiger partial charge on any atom is -0.387 e. The molecular weight excluding hydrogens is 286 g/mol. The van der Waals surface area contributed by atoms with Crippen LogP contribution in [0.4, 0.5) is 5.69 Å². The molecule has 0 bridgehead atoms. The van der Waals surface area contributed by atoms with E-state index in [4.69, 9.17) is 0 Å². The van der Waals surface area contributed by atoms with Crippen LogP contribution in [0.15, 0.2) is 47.6 Å². The standard InChI is InChI=1S/C15H19N3O2S/c1-11-6-4-5-7-13(11)12(2)18-21(19,20)15-10-17-9-8-14(15)16-3/h4-10,12,18H,1-3H3,(H,16,17). The highest BCUT2D eigenvalue weighted by Crippen LogP contribution is 2.23. The molecule has 0 saturated heterocycles. The Morgan fingerprint density at radius 2 is 1.90 bits per heavy atom. The second-order valence-electron chi connectivity index (χ2n) is 4.82. The average Bonchev–Trinajstić information content (AvgIpc) is 2.47. The van der Waals surface area contributed by atoms with Gasteiger partial charge in [0.15, 0.2) is 0 Å². The number of rotatable bonds is 5. The molecule has 112 valence electrons. The monoisotopic (exact) mass is 305 g/mol. The average molecular weight is 305 g/mol. The van der Waals surface area contributed by atoms with Gasteiger partial charge in [0.05, 0.1) is 5.69 Å². The highest BCUT2D eigenvalue weighted by molar-refractivity contribution is 7.89. The third kappa shape index (κ3) is 3.40. The van der Waals surface area contributed by atoms with E-state index in [2.05, 4.69) is 15.0 Å². The van der Waals surface area contributed by atoms with Crippen LogP contribution in [0.2, 0.25) is 0 Å². The number of nitrogens with zero attached hydrogens (tertiary/aromatic N) is 1. The maximum Gasteiger partial charge on any atom is 0.244 e. The zero-order valence-corrected chi connectivity index (χ0v) is 13.1. The summed E-state index contributed by atoms with van der Waals surface area (Å²) in [6.07, 6.45) is 2.90. The number of pyridine rings is 1. The number of hydrogen-bond acceptors (Lipinski definition) is 4. The van der Waals surface area contributed by atoms with Crippen LogP contribution in [0, 0.1) is 6.92 Å². The minimum atomic E-state index is -3.64. The Morgan fingerprint density at radius 3 is 2.57 bits per heavy atom. The molecule has 1 atom stereocenters. The number of nitrogens with one attached hydrogen (secondary N) is 2. The highest BCUT2D eigenvalue weighted by atomic mass is 32.2. The molecule has 0 radical (unpaired) electrons. The molecule has 0 aliphatic rings. The normalized spacial score (nSPS) is 12.9. The molecule has 0 spiro atoms. The van der Waals surface area contributed by atoms with Crippen molar-refractivity contribution in [2.75, 3.05) is 12.4 Å². The fraction of sp³-hybridized carbons (Fsp3) is 0.267. The second-order valence-corrected chi connectivity index (χ2v) is 6.50. The maximum absolute atomic E-state index is 12.5. The SMILES string of the molecule is CNc1ccncc1S(=O)(=O)NC(C)c1ccccc1C. The fourth-order valence-electron chi connectivity index (χ4n) is 2.23. The third-order valence-corrected chi connectivity index (χ3v) is 4.90. The predicted octanol–water partition coefficient (Wildman–Crippen LogP) is 2.47. The van der Waals surface area contributed by atoms with E-state index in [-0.39, 0.29) is 10.9 Å². The molecule has 0 saturated carbocycles. The van der Waals surface area contributed by atoms with Gasteiger partial charge >= 0.3 is 0 Å². The van der Waals surface area contributed by atoms with Crippen molar-refractivity contribution in [1.29, 1.82) is 0 Å². The molecule has 1 unspecified atom stereocenters. The van der Waals surface area contributed by atoms with Gasteiger partial charge in [-0.25, -0.2) is 13.1 Å². The third-order valence-electron chi connectivity index (χ3n) is 3.33. The van der Waals surface area contributed by atoms with E-state index in [1.54, 1.807) is 19.3 Å². The Labute approximate surface area is 125 Å². The zero-order chi connectivity index (χ0) is 15.5. The van der Waals surface area contributed by atoms with Crippen molar-refractivity contribution in [3.63, 3.8) is 0 Å². The molecule has 1 aromatic heterocycles. The predicted molar refractivity (Wildman–Crippen MR) is 83.7 cm³/mol. The number of benzene rings is 1. The summed E-state index contributed by atoms with van der Waals surface area (Å²) in [6, 6.07) is 9.03. The Morgan fingerprint density at radius 1 is 1.19 bits per heavy atom. The molecule has 0 fully saturated rings. The fourth-order valence-corrected chi connectivity index (χ4v) is 3.61. The van der Waals surface area contributed by atoms with Gasteiger partial charge in [0.25, 0.3) is 0 Å². The molecule has 2 N–H and O–H groups in total. The van der Waals surface area contributed by atoms with Crippen molar-refractivity contribution in [3.05, 3.63) is 53.9 Å². The van der Waals surface area contributed by atoms with Gasteiger partial charge in [0.2, 0.25) is 10.0 Å². The van der Waals surface area contributed by atoms with Gasteiger partial charge in [-0.1, -0.05) is 24.3 Å². The summed E-state index contributed by atoms with van der Waals surface area (Å²) in [7, 11) is -1.96. The number of sulfonamides is 1. The Balaban J connectivity index is 2.32. The van der Waals surface area contributed by atoms with E-state index < -0.39 is 10.0 Å². The van der Waals surface area contributed by atoms with Crippen LogP contribution >= 0.6 is 0 Å². The van der Waals surface area contributed by atoms with E-state index >= 15 is 0 Å². The van der Waals surface area contributed by atoms with Gasteiger partial charge in [-0.2, -0.15) is 0 Å². The van der Waals surface area contributed by atoms with E-state index in [0.29, 0.717) is 5.69 Å². The minimum absolute atomic E-state index is 0.146. The lowest BCUT2D eigenvalue weighted by molar-refractivity contribution is 0.566. The van der Waals surface area contributed by atoms with Crippen LogP contribution < -0.4 is 10.0 Å². The summed E-state index contributed by atoms with van der Waals surface area (Å²) >= 11 is 0. The number of anilines is 1. The Kier molecular flexibility index (Phi) is 4.59. The molecule has 2 rings (SSSR count). The lowest BCUT2D eigenvalue weighted by atomic mass is 10.0. The maximum atomic E-state index is 12.5. The molecule has 5 nitrogen and oxygen atoms in total. The van der Waals surface area contributed by atoms with Crippen molar-refractivity contribution in [2.45, 2.75) is 24.8 Å². The van der Waals surface area contributed by atoms with Gasteiger partial charge < -0.3 is 5.32 Å². The second kappa shape index (κ2) is 6.24. The summed E-state index contributed by atoms with van der Waals surface area (Å²) in [5.41, 5.74) is 2.53. The molecule has 1 aromatic carbocycles. The lowest BCUT2D eigenvalue weighted by Crippen LogP contribution is -2.28. The van der Waals surface area contributed by atoms with Gasteiger partial charge in [-0.3, -0.25) is 4.98 Å². The number of aromatic nitrogens is 1. The lowest BCUT2D eigenvalue weighted by Gasteiger charge is -2.17. The van der Waals surface area contributed by atoms with E-state index in [1.807, 2.05) is 38.1 Å². The van der Waals surface area contributed by atoms with Gasteiger partial charge in [0, 0.05) is 25.5 Å². The Bertz CT molecular complexity index is 729. The molecular formula is C15H19N3O2S. The van der Waals surface area contributed by atoms with Crippen molar-refractivity contribution in [3.8, 4) is 0 Å². The first-order valence-corrected chi connectivity index (χ1v) is 8.13. The topological polar surface area (TPSA) is 71.1 Å². The smallest absolute Gasteiger partial charge is 0.244 e. The van der Waals surface area contributed by atoms with Crippen molar-refractivity contribution in [2.24, 2.45) is 0 Å². The van der Waals surface area contributed by atoms with E-state index in [1.165, 1.54) is 6.20 Å². The van der Waals surface area contributed by atoms with Gasteiger partial charge in [0.1, 0.15) is 4.90 Å². The van der Waals surface area contributed by atoms with Crippen LogP contribution in [0.3, 0.4) is 0 Å². The summed E-state index contributed by atoms with van der Waals surface area (Å²) in [6.45, 7) is 3.79. The molecule has 2 aromatic rings. The van der Waals surface area contributed by atoms with E-state index in [9.17, 15) is 8.42 Å². The summed E-state index contributed by atoms with van der Waals surface area (Å²) < 4.78 is 27.7. The molecule has 0 amide bonds. The first kappa shape index (κ1) is 15.5. The quantitative estimate of drug-likeness (QED) is 0.890.